The minimum atomic E-state index is -0.909. The Bertz CT molecular complexity index is 949. The van der Waals surface area contributed by atoms with Gasteiger partial charge in [-0.3, -0.25) is 14.5 Å². The van der Waals surface area contributed by atoms with Gasteiger partial charge in [0.1, 0.15) is 12.1 Å². The summed E-state index contributed by atoms with van der Waals surface area (Å²) in [6.07, 6.45) is 2.10. The lowest BCUT2D eigenvalue weighted by Crippen LogP contribution is -2.47. The molecule has 3 amide bonds. The van der Waals surface area contributed by atoms with E-state index in [4.69, 9.17) is 4.74 Å². The number of amides is 3. The SMILES string of the molecule is CCCC1(CCC)NC(=O)N(CC(=O)OC2c3ccccc3-c3ccccc32)C1=O. The number of carbonyl (C=O) groups excluding carboxylic acids is 3. The first kappa shape index (κ1) is 20.1. The molecule has 1 heterocycles. The fourth-order valence-electron chi connectivity index (χ4n) is 4.67. The highest BCUT2D eigenvalue weighted by molar-refractivity contribution is 6.08. The molecule has 1 N–H and O–H groups in total. The largest absolute Gasteiger partial charge is 0.451 e. The molecular formula is C24H26N2O4. The van der Waals surface area contributed by atoms with E-state index in [9.17, 15) is 14.4 Å². The number of benzene rings is 2. The van der Waals surface area contributed by atoms with Gasteiger partial charge in [-0.05, 0) is 24.0 Å². The average Bonchev–Trinajstić information content (AvgIpc) is 3.16. The smallest absolute Gasteiger partial charge is 0.327 e. The maximum absolute atomic E-state index is 13.0. The molecule has 2 aliphatic rings. The molecule has 1 aliphatic heterocycles. The summed E-state index contributed by atoms with van der Waals surface area (Å²) in [4.78, 5) is 39.3. The molecule has 0 aromatic heterocycles. The number of hydrogen-bond donors (Lipinski definition) is 1. The molecule has 0 bridgehead atoms. The van der Waals surface area contributed by atoms with E-state index in [0.717, 1.165) is 40.0 Å². The number of nitrogens with one attached hydrogen (secondary N) is 1. The molecule has 1 fully saturated rings. The van der Waals surface area contributed by atoms with E-state index in [-0.39, 0.29) is 12.5 Å². The van der Waals surface area contributed by atoms with E-state index in [1.807, 2.05) is 62.4 Å². The predicted octanol–water partition coefficient (Wildman–Crippen LogP) is 4.19. The average molecular weight is 406 g/mol. The zero-order valence-corrected chi connectivity index (χ0v) is 17.3. The summed E-state index contributed by atoms with van der Waals surface area (Å²) in [5.41, 5.74) is 2.98. The van der Waals surface area contributed by atoms with E-state index >= 15 is 0 Å². The van der Waals surface area contributed by atoms with Crippen LogP contribution in [0.15, 0.2) is 48.5 Å². The van der Waals surface area contributed by atoms with Gasteiger partial charge in [0.2, 0.25) is 0 Å². The number of urea groups is 1. The first-order valence-corrected chi connectivity index (χ1v) is 10.5. The van der Waals surface area contributed by atoms with Crippen molar-refractivity contribution in [1.29, 1.82) is 0 Å². The van der Waals surface area contributed by atoms with Crippen LogP contribution in [0.4, 0.5) is 4.79 Å². The number of fused-ring (bicyclic) bond motifs is 3. The van der Waals surface area contributed by atoms with Crippen molar-refractivity contribution in [3.63, 3.8) is 0 Å². The lowest BCUT2D eigenvalue weighted by molar-refractivity contribution is -0.151. The minimum absolute atomic E-state index is 0.333. The Labute approximate surface area is 176 Å². The number of nitrogens with zero attached hydrogens (tertiary/aromatic N) is 1. The number of rotatable bonds is 7. The number of hydrogen-bond acceptors (Lipinski definition) is 4. The third kappa shape index (κ3) is 3.26. The number of carbonyl (C=O) groups is 3. The first-order chi connectivity index (χ1) is 14.5. The van der Waals surface area contributed by atoms with Crippen LogP contribution < -0.4 is 5.32 Å². The fraction of sp³-hybridized carbons (Fsp3) is 0.375. The van der Waals surface area contributed by atoms with Gasteiger partial charge in [0, 0.05) is 11.1 Å². The van der Waals surface area contributed by atoms with Gasteiger partial charge < -0.3 is 10.1 Å². The fourth-order valence-corrected chi connectivity index (χ4v) is 4.67. The molecule has 4 rings (SSSR count). The second-order valence-electron chi connectivity index (χ2n) is 7.95. The highest BCUT2D eigenvalue weighted by Crippen LogP contribution is 2.45. The highest BCUT2D eigenvalue weighted by atomic mass is 16.5. The summed E-state index contributed by atoms with van der Waals surface area (Å²) in [6.45, 7) is 3.56. The molecule has 1 saturated heterocycles. The van der Waals surface area contributed by atoms with Gasteiger partial charge in [0.05, 0.1) is 0 Å². The summed E-state index contributed by atoms with van der Waals surface area (Å²) in [6, 6.07) is 15.1. The molecule has 0 atom stereocenters. The Morgan fingerprint density at radius 3 is 2.03 bits per heavy atom. The van der Waals surface area contributed by atoms with Gasteiger partial charge in [-0.15, -0.1) is 0 Å². The van der Waals surface area contributed by atoms with E-state index in [2.05, 4.69) is 5.32 Å². The van der Waals surface area contributed by atoms with Crippen LogP contribution in [-0.2, 0) is 14.3 Å². The molecule has 0 spiro atoms. The molecule has 6 heteroatoms. The van der Waals surface area contributed by atoms with Crippen LogP contribution in [0.3, 0.4) is 0 Å². The van der Waals surface area contributed by atoms with Gasteiger partial charge >= 0.3 is 12.0 Å². The van der Waals surface area contributed by atoms with E-state index in [0.29, 0.717) is 12.8 Å². The highest BCUT2D eigenvalue weighted by Gasteiger charge is 2.50. The Kier molecular flexibility index (Phi) is 5.33. The second kappa shape index (κ2) is 7.94. The maximum atomic E-state index is 13.0. The van der Waals surface area contributed by atoms with E-state index in [1.54, 1.807) is 0 Å². The molecule has 0 saturated carbocycles. The van der Waals surface area contributed by atoms with Crippen molar-refractivity contribution in [2.24, 2.45) is 0 Å². The predicted molar refractivity (Wildman–Crippen MR) is 113 cm³/mol. The van der Waals surface area contributed by atoms with Crippen molar-refractivity contribution < 1.29 is 19.1 Å². The second-order valence-corrected chi connectivity index (χ2v) is 7.95. The summed E-state index contributed by atoms with van der Waals surface area (Å²) in [7, 11) is 0. The lowest BCUT2D eigenvalue weighted by atomic mass is 9.88. The summed E-state index contributed by atoms with van der Waals surface area (Å²) < 4.78 is 5.80. The number of esters is 1. The number of imide groups is 1. The molecule has 6 nitrogen and oxygen atoms in total. The molecule has 0 radical (unpaired) electrons. The van der Waals surface area contributed by atoms with Crippen LogP contribution in [0.2, 0.25) is 0 Å². The molecular weight excluding hydrogens is 380 g/mol. The van der Waals surface area contributed by atoms with Gasteiger partial charge in [-0.2, -0.15) is 0 Å². The third-order valence-corrected chi connectivity index (χ3v) is 5.91. The van der Waals surface area contributed by atoms with Crippen molar-refractivity contribution in [2.75, 3.05) is 6.54 Å². The van der Waals surface area contributed by atoms with Crippen LogP contribution in [-0.4, -0.2) is 34.9 Å². The van der Waals surface area contributed by atoms with Crippen LogP contribution >= 0.6 is 0 Å². The van der Waals surface area contributed by atoms with Crippen LogP contribution in [0.1, 0.15) is 56.8 Å². The Morgan fingerprint density at radius 1 is 0.967 bits per heavy atom. The maximum Gasteiger partial charge on any atom is 0.327 e. The molecule has 156 valence electrons. The Hall–Kier alpha value is -3.15. The van der Waals surface area contributed by atoms with Gasteiger partial charge in [-0.1, -0.05) is 75.2 Å². The van der Waals surface area contributed by atoms with Gasteiger partial charge in [-0.25, -0.2) is 4.79 Å². The molecule has 1 aliphatic carbocycles. The van der Waals surface area contributed by atoms with Gasteiger partial charge in [0.25, 0.3) is 5.91 Å². The molecule has 2 aromatic rings. The lowest BCUT2D eigenvalue weighted by Gasteiger charge is -2.25. The van der Waals surface area contributed by atoms with Crippen LogP contribution in [0.5, 0.6) is 0 Å². The first-order valence-electron chi connectivity index (χ1n) is 10.5. The van der Waals surface area contributed by atoms with E-state index in [1.165, 1.54) is 0 Å². The quantitative estimate of drug-likeness (QED) is 0.553. The molecule has 2 aromatic carbocycles. The summed E-state index contributed by atoms with van der Waals surface area (Å²) in [5, 5.41) is 2.83. The van der Waals surface area contributed by atoms with Crippen molar-refractivity contribution in [1.82, 2.24) is 10.2 Å². The van der Waals surface area contributed by atoms with Gasteiger partial charge in [0.15, 0.2) is 6.10 Å². The molecule has 0 unspecified atom stereocenters. The number of ether oxygens (including phenoxy) is 1. The normalized spacial score (nSPS) is 16.9. The topological polar surface area (TPSA) is 75.7 Å². The monoisotopic (exact) mass is 406 g/mol. The van der Waals surface area contributed by atoms with Crippen molar-refractivity contribution in [3.8, 4) is 11.1 Å². The summed E-state index contributed by atoms with van der Waals surface area (Å²) in [5.74, 6) is -0.931. The minimum Gasteiger partial charge on any atom is -0.451 e. The van der Waals surface area contributed by atoms with Crippen molar-refractivity contribution in [2.45, 2.75) is 51.2 Å². The van der Waals surface area contributed by atoms with Crippen LogP contribution in [0, 0.1) is 0 Å². The van der Waals surface area contributed by atoms with Crippen molar-refractivity contribution in [3.05, 3.63) is 59.7 Å². The van der Waals surface area contributed by atoms with Crippen LogP contribution in [0.25, 0.3) is 11.1 Å². The zero-order valence-electron chi connectivity index (χ0n) is 17.3. The zero-order chi connectivity index (χ0) is 21.3. The van der Waals surface area contributed by atoms with Crippen molar-refractivity contribution >= 4 is 17.9 Å². The Balaban J connectivity index is 1.53. The van der Waals surface area contributed by atoms with E-state index < -0.39 is 23.6 Å². The summed E-state index contributed by atoms with van der Waals surface area (Å²) >= 11 is 0. The Morgan fingerprint density at radius 2 is 1.50 bits per heavy atom. The molecule has 30 heavy (non-hydrogen) atoms. The third-order valence-electron chi connectivity index (χ3n) is 5.91. The standard InChI is InChI=1S/C24H26N2O4/c1-3-13-24(14-4-2)22(28)26(23(29)25-24)15-20(27)30-21-18-11-7-5-9-16(18)17-10-6-8-12-19(17)21/h5-12,21H,3-4,13-15H2,1-2H3,(H,25,29).